The van der Waals surface area contributed by atoms with Crippen LogP contribution in [0.1, 0.15) is 17.3 Å². The predicted octanol–water partition coefficient (Wildman–Crippen LogP) is 5.06. The van der Waals surface area contributed by atoms with Gasteiger partial charge in [-0.1, -0.05) is 62.2 Å². The first-order chi connectivity index (χ1) is 6.70. The van der Waals surface area contributed by atoms with E-state index in [4.69, 9.17) is 0 Å². The molecule has 0 fully saturated rings. The fourth-order valence-corrected chi connectivity index (χ4v) is 3.16. The first kappa shape index (κ1) is 10.2. The van der Waals surface area contributed by atoms with Crippen molar-refractivity contribution in [3.05, 3.63) is 46.4 Å². The van der Waals surface area contributed by atoms with E-state index < -0.39 is 0 Å². The van der Waals surface area contributed by atoms with Gasteiger partial charge in [-0.15, -0.1) is 0 Å². The van der Waals surface area contributed by atoms with Gasteiger partial charge >= 0.3 is 0 Å². The molecule has 1 atom stereocenters. The summed E-state index contributed by atoms with van der Waals surface area (Å²) in [5.74, 6) is 0. The standard InChI is InChI=1S/C12H10Br2/c1-8(13)12-10-5-3-2-4-9(10)6-7-11(12)14/h2-8H,1H3. The summed E-state index contributed by atoms with van der Waals surface area (Å²) in [6, 6.07) is 12.7. The average Bonchev–Trinajstić information content (AvgIpc) is 2.17. The molecule has 0 nitrogen and oxygen atoms in total. The number of hydrogen-bond donors (Lipinski definition) is 0. The minimum absolute atomic E-state index is 0.364. The molecule has 14 heavy (non-hydrogen) atoms. The minimum atomic E-state index is 0.364. The van der Waals surface area contributed by atoms with E-state index in [-0.39, 0.29) is 0 Å². The number of hydrogen-bond acceptors (Lipinski definition) is 0. The smallest absolute Gasteiger partial charge is 0.0384 e. The summed E-state index contributed by atoms with van der Waals surface area (Å²) in [5.41, 5.74) is 1.32. The highest BCUT2D eigenvalue weighted by molar-refractivity contribution is 9.11. The molecule has 1 unspecified atom stereocenters. The second-order valence-corrected chi connectivity index (χ2v) is 5.53. The summed E-state index contributed by atoms with van der Waals surface area (Å²) in [6.07, 6.45) is 0. The van der Waals surface area contributed by atoms with Crippen LogP contribution in [0.3, 0.4) is 0 Å². The Balaban J connectivity index is 2.83. The SMILES string of the molecule is CC(Br)c1c(Br)ccc2ccccc12. The van der Waals surface area contributed by atoms with Crippen molar-refractivity contribution in [1.82, 2.24) is 0 Å². The number of halogens is 2. The van der Waals surface area contributed by atoms with Crippen LogP contribution >= 0.6 is 31.9 Å². The first-order valence-corrected chi connectivity index (χ1v) is 6.22. The molecular formula is C12H10Br2. The van der Waals surface area contributed by atoms with Crippen LogP contribution in [0.15, 0.2) is 40.9 Å². The molecule has 0 heterocycles. The van der Waals surface area contributed by atoms with Crippen molar-refractivity contribution in [3.8, 4) is 0 Å². The molecule has 2 rings (SSSR count). The van der Waals surface area contributed by atoms with Crippen LogP contribution in [-0.4, -0.2) is 0 Å². The van der Waals surface area contributed by atoms with Gasteiger partial charge in [-0.05, 0) is 29.3 Å². The van der Waals surface area contributed by atoms with Crippen LogP contribution in [0.5, 0.6) is 0 Å². The Kier molecular flexibility index (Phi) is 2.93. The summed E-state index contributed by atoms with van der Waals surface area (Å²) in [4.78, 5) is 0.364. The fourth-order valence-electron chi connectivity index (χ4n) is 1.67. The van der Waals surface area contributed by atoms with Gasteiger partial charge in [0.05, 0.1) is 0 Å². The Bertz CT molecular complexity index is 461. The summed E-state index contributed by atoms with van der Waals surface area (Å²) in [7, 11) is 0. The highest BCUT2D eigenvalue weighted by Crippen LogP contribution is 2.35. The summed E-state index contributed by atoms with van der Waals surface area (Å²) in [5, 5.41) is 2.60. The van der Waals surface area contributed by atoms with Crippen molar-refractivity contribution in [3.63, 3.8) is 0 Å². The minimum Gasteiger partial charge on any atom is -0.0841 e. The van der Waals surface area contributed by atoms with E-state index in [2.05, 4.69) is 75.2 Å². The molecule has 0 aliphatic carbocycles. The molecule has 2 aromatic carbocycles. The van der Waals surface area contributed by atoms with Crippen LogP contribution in [0.2, 0.25) is 0 Å². The lowest BCUT2D eigenvalue weighted by Gasteiger charge is -2.10. The van der Waals surface area contributed by atoms with Crippen LogP contribution in [0.4, 0.5) is 0 Å². The van der Waals surface area contributed by atoms with Gasteiger partial charge in [-0.3, -0.25) is 0 Å². The quantitative estimate of drug-likeness (QED) is 0.646. The fraction of sp³-hybridized carbons (Fsp3) is 0.167. The first-order valence-electron chi connectivity index (χ1n) is 4.51. The molecule has 0 radical (unpaired) electrons. The Morgan fingerprint density at radius 2 is 1.79 bits per heavy atom. The van der Waals surface area contributed by atoms with E-state index in [0.29, 0.717) is 4.83 Å². The van der Waals surface area contributed by atoms with Gasteiger partial charge in [0, 0.05) is 9.30 Å². The zero-order valence-electron chi connectivity index (χ0n) is 7.80. The highest BCUT2D eigenvalue weighted by atomic mass is 79.9. The van der Waals surface area contributed by atoms with E-state index in [1.807, 2.05) is 0 Å². The zero-order chi connectivity index (χ0) is 10.1. The normalized spacial score (nSPS) is 13.1. The van der Waals surface area contributed by atoms with E-state index >= 15 is 0 Å². The lowest BCUT2D eigenvalue weighted by atomic mass is 10.0. The van der Waals surface area contributed by atoms with Crippen molar-refractivity contribution < 1.29 is 0 Å². The van der Waals surface area contributed by atoms with Gasteiger partial charge in [0.2, 0.25) is 0 Å². The van der Waals surface area contributed by atoms with Crippen LogP contribution in [0.25, 0.3) is 10.8 Å². The third-order valence-electron chi connectivity index (χ3n) is 2.32. The maximum Gasteiger partial charge on any atom is 0.0384 e. The Morgan fingerprint density at radius 3 is 2.50 bits per heavy atom. The van der Waals surface area contributed by atoms with Crippen molar-refractivity contribution in [1.29, 1.82) is 0 Å². The van der Waals surface area contributed by atoms with E-state index in [1.165, 1.54) is 20.8 Å². The second-order valence-electron chi connectivity index (χ2n) is 3.30. The van der Waals surface area contributed by atoms with E-state index in [9.17, 15) is 0 Å². The van der Waals surface area contributed by atoms with Crippen molar-refractivity contribution in [2.24, 2.45) is 0 Å². The van der Waals surface area contributed by atoms with Crippen molar-refractivity contribution in [2.45, 2.75) is 11.8 Å². The van der Waals surface area contributed by atoms with Crippen molar-refractivity contribution >= 4 is 42.6 Å². The third-order valence-corrected chi connectivity index (χ3v) is 3.46. The molecule has 0 aliphatic heterocycles. The molecule has 0 amide bonds. The Morgan fingerprint density at radius 1 is 1.07 bits per heavy atom. The zero-order valence-corrected chi connectivity index (χ0v) is 11.0. The maximum absolute atomic E-state index is 3.62. The molecule has 2 heteroatoms. The molecule has 72 valence electrons. The number of rotatable bonds is 1. The van der Waals surface area contributed by atoms with Crippen LogP contribution in [0, 0.1) is 0 Å². The molecule has 0 saturated carbocycles. The van der Waals surface area contributed by atoms with Gasteiger partial charge in [-0.25, -0.2) is 0 Å². The molecule has 0 bridgehead atoms. The van der Waals surface area contributed by atoms with E-state index in [0.717, 1.165) is 0 Å². The van der Waals surface area contributed by atoms with Gasteiger partial charge < -0.3 is 0 Å². The lowest BCUT2D eigenvalue weighted by Crippen LogP contribution is -1.88. The summed E-state index contributed by atoms with van der Waals surface area (Å²) in [6.45, 7) is 2.15. The molecule has 0 aromatic heterocycles. The molecule has 0 aliphatic rings. The highest BCUT2D eigenvalue weighted by Gasteiger charge is 2.09. The topological polar surface area (TPSA) is 0 Å². The van der Waals surface area contributed by atoms with Crippen LogP contribution in [-0.2, 0) is 0 Å². The molecule has 0 spiro atoms. The van der Waals surface area contributed by atoms with Crippen molar-refractivity contribution in [2.75, 3.05) is 0 Å². The van der Waals surface area contributed by atoms with Gasteiger partial charge in [-0.2, -0.15) is 0 Å². The van der Waals surface area contributed by atoms with Gasteiger partial charge in [0.15, 0.2) is 0 Å². The van der Waals surface area contributed by atoms with Gasteiger partial charge in [0.1, 0.15) is 0 Å². The average molecular weight is 314 g/mol. The number of fused-ring (bicyclic) bond motifs is 1. The third kappa shape index (κ3) is 1.73. The van der Waals surface area contributed by atoms with E-state index in [1.54, 1.807) is 0 Å². The molecule has 0 N–H and O–H groups in total. The summed E-state index contributed by atoms with van der Waals surface area (Å²) < 4.78 is 1.17. The second kappa shape index (κ2) is 4.03. The number of benzene rings is 2. The predicted molar refractivity (Wildman–Crippen MR) is 69.0 cm³/mol. The molecule has 2 aromatic rings. The lowest BCUT2D eigenvalue weighted by molar-refractivity contribution is 1.13. The monoisotopic (exact) mass is 312 g/mol. The number of alkyl halides is 1. The Hall–Kier alpha value is -0.340. The largest absolute Gasteiger partial charge is 0.0841 e. The van der Waals surface area contributed by atoms with Gasteiger partial charge in [0.25, 0.3) is 0 Å². The Labute approximate surface area is 101 Å². The molecule has 0 saturated heterocycles. The maximum atomic E-state index is 3.62. The molecular weight excluding hydrogens is 304 g/mol. The summed E-state index contributed by atoms with van der Waals surface area (Å²) >= 11 is 7.21. The van der Waals surface area contributed by atoms with Crippen LogP contribution < -0.4 is 0 Å².